The Morgan fingerprint density at radius 2 is 2.29 bits per heavy atom. The van der Waals surface area contributed by atoms with Crippen LogP contribution in [0.1, 0.15) is 11.4 Å². The van der Waals surface area contributed by atoms with Crippen LogP contribution in [-0.2, 0) is 11.3 Å². The van der Waals surface area contributed by atoms with Crippen molar-refractivity contribution >= 4 is 17.1 Å². The molecule has 0 radical (unpaired) electrons. The Balaban J connectivity index is 2.21. The summed E-state index contributed by atoms with van der Waals surface area (Å²) in [6.45, 7) is 2.43. The minimum atomic E-state index is -0.342. The van der Waals surface area contributed by atoms with Crippen molar-refractivity contribution < 1.29 is 9.53 Å². The van der Waals surface area contributed by atoms with E-state index >= 15 is 0 Å². The molecule has 5 heteroatoms. The molecule has 0 aliphatic heterocycles. The third-order valence-corrected chi connectivity index (χ3v) is 2.57. The molecule has 0 saturated heterocycles. The lowest BCUT2D eigenvalue weighted by Gasteiger charge is -2.15. The molecule has 0 unspecified atom stereocenters. The summed E-state index contributed by atoms with van der Waals surface area (Å²) in [5.41, 5.74) is 2.96. The van der Waals surface area contributed by atoms with Gasteiger partial charge in [-0.05, 0) is 24.6 Å². The number of hydrogen-bond donors (Lipinski definition) is 1. The highest BCUT2D eigenvalue weighted by Crippen LogP contribution is 2.14. The van der Waals surface area contributed by atoms with E-state index in [0.717, 1.165) is 22.4 Å². The van der Waals surface area contributed by atoms with Gasteiger partial charge in [0.25, 0.3) is 0 Å². The summed E-state index contributed by atoms with van der Waals surface area (Å²) in [5.74, 6) is 0.887. The molecule has 0 saturated carbocycles. The van der Waals surface area contributed by atoms with E-state index in [4.69, 9.17) is 0 Å². The van der Waals surface area contributed by atoms with Gasteiger partial charge < -0.3 is 14.6 Å². The van der Waals surface area contributed by atoms with Crippen molar-refractivity contribution in [2.24, 2.45) is 0 Å². The predicted octanol–water partition coefficient (Wildman–Crippen LogP) is 2.07. The molecule has 0 atom stereocenters. The van der Waals surface area contributed by atoms with Crippen LogP contribution < -0.4 is 0 Å². The maximum absolute atomic E-state index is 11.3. The third-order valence-electron chi connectivity index (χ3n) is 2.57. The van der Waals surface area contributed by atoms with Crippen LogP contribution >= 0.6 is 0 Å². The number of aromatic nitrogens is 2. The normalized spacial score (nSPS) is 10.5. The van der Waals surface area contributed by atoms with Gasteiger partial charge in [0, 0.05) is 13.6 Å². The number of H-pyrrole nitrogens is 1. The fourth-order valence-electron chi connectivity index (χ4n) is 1.78. The van der Waals surface area contributed by atoms with Gasteiger partial charge in [0.2, 0.25) is 0 Å². The summed E-state index contributed by atoms with van der Waals surface area (Å²) in [6, 6.07) is 5.90. The van der Waals surface area contributed by atoms with Crippen molar-refractivity contribution in [3.63, 3.8) is 0 Å². The molecule has 0 aliphatic carbocycles. The Labute approximate surface area is 99.4 Å². The van der Waals surface area contributed by atoms with Gasteiger partial charge in [0.05, 0.1) is 18.1 Å². The number of rotatable bonds is 2. The van der Waals surface area contributed by atoms with E-state index in [0.29, 0.717) is 6.54 Å². The maximum atomic E-state index is 11.3. The number of methoxy groups -OCH3 is 1. The molecule has 0 aliphatic rings. The largest absolute Gasteiger partial charge is 0.453 e. The first-order valence-electron chi connectivity index (χ1n) is 5.34. The molecule has 2 rings (SSSR count). The number of amides is 1. The van der Waals surface area contributed by atoms with Crippen molar-refractivity contribution in [3.05, 3.63) is 29.6 Å². The van der Waals surface area contributed by atoms with Crippen LogP contribution in [0, 0.1) is 6.92 Å². The quantitative estimate of drug-likeness (QED) is 0.863. The number of nitrogens with zero attached hydrogens (tertiary/aromatic N) is 2. The van der Waals surface area contributed by atoms with Crippen LogP contribution in [0.3, 0.4) is 0 Å². The summed E-state index contributed by atoms with van der Waals surface area (Å²) in [4.78, 5) is 20.3. The van der Waals surface area contributed by atoms with E-state index in [1.807, 2.05) is 25.1 Å². The number of imidazole rings is 1. The SMILES string of the molecule is COC(=O)N(C)Cc1ccc2nc(C)[nH]c2c1. The molecule has 17 heavy (non-hydrogen) atoms. The zero-order valence-corrected chi connectivity index (χ0v) is 10.2. The Kier molecular flexibility index (Phi) is 2.99. The van der Waals surface area contributed by atoms with E-state index in [2.05, 4.69) is 14.7 Å². The van der Waals surface area contributed by atoms with Crippen LogP contribution in [0.15, 0.2) is 18.2 Å². The first-order valence-corrected chi connectivity index (χ1v) is 5.34. The summed E-state index contributed by atoms with van der Waals surface area (Å²) in [6.07, 6.45) is -0.342. The summed E-state index contributed by atoms with van der Waals surface area (Å²) in [5, 5.41) is 0. The molecule has 0 spiro atoms. The van der Waals surface area contributed by atoms with Crippen LogP contribution in [0.4, 0.5) is 4.79 Å². The van der Waals surface area contributed by atoms with Crippen LogP contribution in [0.2, 0.25) is 0 Å². The highest BCUT2D eigenvalue weighted by molar-refractivity contribution is 5.76. The number of benzene rings is 1. The number of carbonyl (C=O) groups excluding carboxylic acids is 1. The zero-order valence-electron chi connectivity index (χ0n) is 10.2. The predicted molar refractivity (Wildman–Crippen MR) is 64.7 cm³/mol. The van der Waals surface area contributed by atoms with Gasteiger partial charge in [-0.1, -0.05) is 6.07 Å². The molecule has 90 valence electrons. The lowest BCUT2D eigenvalue weighted by Crippen LogP contribution is -2.25. The monoisotopic (exact) mass is 233 g/mol. The number of fused-ring (bicyclic) bond motifs is 1. The fourth-order valence-corrected chi connectivity index (χ4v) is 1.78. The van der Waals surface area contributed by atoms with Gasteiger partial charge in [0.1, 0.15) is 5.82 Å². The Morgan fingerprint density at radius 1 is 1.53 bits per heavy atom. The van der Waals surface area contributed by atoms with Gasteiger partial charge in [-0.25, -0.2) is 9.78 Å². The molecule has 2 aromatic rings. The Hall–Kier alpha value is -2.04. The van der Waals surface area contributed by atoms with E-state index in [9.17, 15) is 4.79 Å². The van der Waals surface area contributed by atoms with E-state index in [-0.39, 0.29) is 6.09 Å². The number of aromatic amines is 1. The average molecular weight is 233 g/mol. The van der Waals surface area contributed by atoms with Gasteiger partial charge in [-0.3, -0.25) is 0 Å². The van der Waals surface area contributed by atoms with Gasteiger partial charge in [-0.2, -0.15) is 0 Å². The zero-order chi connectivity index (χ0) is 12.4. The number of aryl methyl sites for hydroxylation is 1. The third kappa shape index (κ3) is 2.38. The summed E-state index contributed by atoms with van der Waals surface area (Å²) < 4.78 is 4.64. The van der Waals surface area contributed by atoms with E-state index in [1.54, 1.807) is 7.05 Å². The number of ether oxygens (including phenoxy) is 1. The van der Waals surface area contributed by atoms with Crippen LogP contribution in [-0.4, -0.2) is 35.1 Å². The Bertz CT molecular complexity index is 548. The second-order valence-electron chi connectivity index (χ2n) is 4.00. The molecular weight excluding hydrogens is 218 g/mol. The fraction of sp³-hybridized carbons (Fsp3) is 0.333. The number of nitrogens with one attached hydrogen (secondary N) is 1. The second-order valence-corrected chi connectivity index (χ2v) is 4.00. The second kappa shape index (κ2) is 4.45. The van der Waals surface area contributed by atoms with Gasteiger partial charge in [0.15, 0.2) is 0 Å². The topological polar surface area (TPSA) is 58.2 Å². The smallest absolute Gasteiger partial charge is 0.409 e. The van der Waals surface area contributed by atoms with Crippen molar-refractivity contribution in [1.29, 1.82) is 0 Å². The van der Waals surface area contributed by atoms with Crippen LogP contribution in [0.5, 0.6) is 0 Å². The first-order chi connectivity index (χ1) is 8.10. The Morgan fingerprint density at radius 3 is 3.00 bits per heavy atom. The molecule has 1 heterocycles. The standard InChI is InChI=1S/C12H15N3O2/c1-8-13-10-5-4-9(6-11(10)14-8)7-15(2)12(16)17-3/h4-6H,7H2,1-3H3,(H,13,14). The molecule has 1 N–H and O–H groups in total. The average Bonchev–Trinajstić information content (AvgIpc) is 2.67. The minimum Gasteiger partial charge on any atom is -0.453 e. The highest BCUT2D eigenvalue weighted by Gasteiger charge is 2.09. The molecule has 0 fully saturated rings. The maximum Gasteiger partial charge on any atom is 0.409 e. The van der Waals surface area contributed by atoms with Crippen molar-refractivity contribution in [3.8, 4) is 0 Å². The molecule has 5 nitrogen and oxygen atoms in total. The molecular formula is C12H15N3O2. The van der Waals surface area contributed by atoms with Crippen molar-refractivity contribution in [2.75, 3.05) is 14.2 Å². The minimum absolute atomic E-state index is 0.342. The van der Waals surface area contributed by atoms with Crippen molar-refractivity contribution in [1.82, 2.24) is 14.9 Å². The van der Waals surface area contributed by atoms with E-state index in [1.165, 1.54) is 12.0 Å². The van der Waals surface area contributed by atoms with E-state index < -0.39 is 0 Å². The molecule has 1 aromatic carbocycles. The first kappa shape index (κ1) is 11.4. The number of carbonyl (C=O) groups is 1. The molecule has 0 bridgehead atoms. The summed E-state index contributed by atoms with van der Waals surface area (Å²) in [7, 11) is 3.08. The highest BCUT2D eigenvalue weighted by atomic mass is 16.5. The lowest BCUT2D eigenvalue weighted by atomic mass is 10.2. The van der Waals surface area contributed by atoms with Gasteiger partial charge >= 0.3 is 6.09 Å². The van der Waals surface area contributed by atoms with Crippen molar-refractivity contribution in [2.45, 2.75) is 13.5 Å². The van der Waals surface area contributed by atoms with Crippen LogP contribution in [0.25, 0.3) is 11.0 Å². The number of hydrogen-bond acceptors (Lipinski definition) is 3. The lowest BCUT2D eigenvalue weighted by molar-refractivity contribution is 0.131. The molecule has 1 aromatic heterocycles. The summed E-state index contributed by atoms with van der Waals surface area (Å²) >= 11 is 0. The van der Waals surface area contributed by atoms with Gasteiger partial charge in [-0.15, -0.1) is 0 Å². The molecule has 1 amide bonds.